The number of carbonyl (C=O) groups excluding carboxylic acids is 2. The summed E-state index contributed by atoms with van der Waals surface area (Å²) in [5.41, 5.74) is 0.907. The summed E-state index contributed by atoms with van der Waals surface area (Å²) in [6.07, 6.45) is 10.1. The van der Waals surface area contributed by atoms with Crippen LogP contribution in [0, 0.1) is 0 Å². The first-order valence-corrected chi connectivity index (χ1v) is 14.3. The molecule has 1 N–H and O–H groups in total. The van der Waals surface area contributed by atoms with Crippen LogP contribution >= 0.6 is 11.3 Å². The largest absolute Gasteiger partial charge is 0.351 e. The molecule has 4 rings (SSSR count). The van der Waals surface area contributed by atoms with Crippen molar-refractivity contribution in [3.05, 3.63) is 23.2 Å². The molecule has 188 valence electrons. The zero-order chi connectivity index (χ0) is 24.1. The van der Waals surface area contributed by atoms with Crippen molar-refractivity contribution in [1.82, 2.24) is 19.7 Å². The highest BCUT2D eigenvalue weighted by atomic mass is 32.1. The molecule has 0 aromatic carbocycles. The fraction of sp³-hybridized carbons (Fsp3) is 0.704. The maximum Gasteiger partial charge on any atom is 0.271 e. The molecule has 2 amide bonds. The lowest BCUT2D eigenvalue weighted by molar-refractivity contribution is -0.133. The van der Waals surface area contributed by atoms with Crippen LogP contribution in [0.25, 0.3) is 10.2 Å². The predicted molar refractivity (Wildman–Crippen MR) is 141 cm³/mol. The molecule has 0 bridgehead atoms. The van der Waals surface area contributed by atoms with Gasteiger partial charge in [0.05, 0.1) is 16.8 Å². The van der Waals surface area contributed by atoms with Crippen LogP contribution in [-0.4, -0.2) is 63.9 Å². The lowest BCUT2D eigenvalue weighted by Gasteiger charge is -2.45. The number of nitrogens with zero attached hydrogens (tertiary/aromatic N) is 3. The third kappa shape index (κ3) is 5.20. The van der Waals surface area contributed by atoms with Crippen LogP contribution in [0.2, 0.25) is 0 Å². The summed E-state index contributed by atoms with van der Waals surface area (Å²) in [5, 5.41) is 5.43. The van der Waals surface area contributed by atoms with Gasteiger partial charge in [-0.2, -0.15) is 0 Å². The Labute approximate surface area is 208 Å². The maximum atomic E-state index is 13.8. The Hall–Kier alpha value is -1.86. The topological polar surface area (TPSA) is 57.6 Å². The second-order valence-electron chi connectivity index (χ2n) is 10.4. The number of rotatable bonds is 10. The molecule has 2 aromatic rings. The van der Waals surface area contributed by atoms with Gasteiger partial charge in [-0.15, -0.1) is 11.3 Å². The van der Waals surface area contributed by atoms with Gasteiger partial charge < -0.3 is 19.7 Å². The third-order valence-corrected chi connectivity index (χ3v) is 8.52. The van der Waals surface area contributed by atoms with Gasteiger partial charge in [0.1, 0.15) is 11.2 Å². The van der Waals surface area contributed by atoms with Crippen molar-refractivity contribution in [2.24, 2.45) is 0 Å². The molecule has 0 radical (unpaired) electrons. The highest BCUT2D eigenvalue weighted by Gasteiger charge is 2.48. The van der Waals surface area contributed by atoms with Crippen LogP contribution in [0.4, 0.5) is 0 Å². The van der Waals surface area contributed by atoms with Gasteiger partial charge >= 0.3 is 0 Å². The molecule has 2 aromatic heterocycles. The monoisotopic (exact) mass is 486 g/mol. The number of carbonyl (C=O) groups is 2. The predicted octanol–water partition coefficient (Wildman–Crippen LogP) is 5.27. The normalized spacial score (nSPS) is 21.8. The van der Waals surface area contributed by atoms with Crippen LogP contribution in [0.1, 0.15) is 89.0 Å². The second-order valence-corrected chi connectivity index (χ2v) is 11.3. The molecule has 0 saturated heterocycles. The van der Waals surface area contributed by atoms with E-state index in [1.54, 1.807) is 11.3 Å². The summed E-state index contributed by atoms with van der Waals surface area (Å²) < 4.78 is 3.20. The Kier molecular flexibility index (Phi) is 8.35. The van der Waals surface area contributed by atoms with E-state index in [2.05, 4.69) is 40.1 Å². The summed E-state index contributed by atoms with van der Waals surface area (Å²) in [4.78, 5) is 32.0. The maximum absolute atomic E-state index is 13.8. The van der Waals surface area contributed by atoms with Crippen LogP contribution in [-0.2, 0) is 11.3 Å². The van der Waals surface area contributed by atoms with E-state index < -0.39 is 5.54 Å². The van der Waals surface area contributed by atoms with Crippen molar-refractivity contribution < 1.29 is 9.59 Å². The van der Waals surface area contributed by atoms with Crippen molar-refractivity contribution in [1.29, 1.82) is 0 Å². The first kappa shape index (κ1) is 25.2. The number of hydrogen-bond donors (Lipinski definition) is 1. The lowest BCUT2D eigenvalue weighted by Crippen LogP contribution is -2.65. The van der Waals surface area contributed by atoms with E-state index in [4.69, 9.17) is 0 Å². The van der Waals surface area contributed by atoms with E-state index in [1.165, 1.54) is 25.7 Å². The quantitative estimate of drug-likeness (QED) is 0.466. The minimum Gasteiger partial charge on any atom is -0.351 e. The fourth-order valence-corrected chi connectivity index (χ4v) is 6.63. The van der Waals surface area contributed by atoms with Gasteiger partial charge in [0.15, 0.2) is 0 Å². The summed E-state index contributed by atoms with van der Waals surface area (Å²) in [5.74, 6) is 0.000140. The number of fused-ring (bicyclic) bond motifs is 3. The molecule has 1 aliphatic carbocycles. The Morgan fingerprint density at radius 2 is 1.85 bits per heavy atom. The van der Waals surface area contributed by atoms with Gasteiger partial charge in [-0.25, -0.2) is 0 Å². The molecule has 6 nitrogen and oxygen atoms in total. The highest BCUT2D eigenvalue weighted by Crippen LogP contribution is 2.34. The summed E-state index contributed by atoms with van der Waals surface area (Å²) in [6, 6.07) is 4.31. The first-order valence-electron chi connectivity index (χ1n) is 13.4. The zero-order valence-corrected chi connectivity index (χ0v) is 22.1. The second kappa shape index (κ2) is 11.3. The average Bonchev–Trinajstić information content (AvgIpc) is 3.31. The molecule has 2 aliphatic rings. The Morgan fingerprint density at radius 1 is 1.15 bits per heavy atom. The van der Waals surface area contributed by atoms with Gasteiger partial charge in [-0.05, 0) is 76.2 Å². The van der Waals surface area contributed by atoms with E-state index in [-0.39, 0.29) is 17.9 Å². The van der Waals surface area contributed by atoms with E-state index in [0.717, 1.165) is 67.6 Å². The van der Waals surface area contributed by atoms with Gasteiger partial charge in [0.25, 0.3) is 5.91 Å². The molecule has 34 heavy (non-hydrogen) atoms. The molecule has 1 unspecified atom stereocenters. The number of nitrogens with one attached hydrogen (secondary N) is 1. The minimum absolute atomic E-state index is 0.00861. The Bertz CT molecular complexity index is 969. The Morgan fingerprint density at radius 3 is 2.53 bits per heavy atom. The fourth-order valence-electron chi connectivity index (χ4n) is 5.81. The summed E-state index contributed by atoms with van der Waals surface area (Å²) in [6.45, 7) is 10.7. The number of aromatic nitrogens is 1. The molecule has 3 heterocycles. The Balaban J connectivity index is 1.56. The molecule has 1 saturated carbocycles. The SMILES string of the molecule is CCCN(CCC)CCCN1C(=O)c2cc3sccc3n2CC1(C)C(=O)NC1CCCCCC1. The minimum atomic E-state index is -0.884. The smallest absolute Gasteiger partial charge is 0.271 e. The van der Waals surface area contributed by atoms with Crippen molar-refractivity contribution in [2.45, 2.75) is 96.7 Å². The van der Waals surface area contributed by atoms with Crippen LogP contribution in [0.3, 0.4) is 0 Å². The summed E-state index contributed by atoms with van der Waals surface area (Å²) >= 11 is 1.66. The number of thiophene rings is 1. The van der Waals surface area contributed by atoms with Crippen molar-refractivity contribution in [3.63, 3.8) is 0 Å². The van der Waals surface area contributed by atoms with Crippen molar-refractivity contribution in [3.8, 4) is 0 Å². The van der Waals surface area contributed by atoms with Crippen LogP contribution < -0.4 is 5.32 Å². The van der Waals surface area contributed by atoms with E-state index in [1.807, 2.05) is 17.9 Å². The lowest BCUT2D eigenvalue weighted by atomic mass is 9.93. The molecule has 1 fully saturated rings. The average molecular weight is 487 g/mol. The molecular weight excluding hydrogens is 444 g/mol. The first-order chi connectivity index (χ1) is 16.5. The number of hydrogen-bond acceptors (Lipinski definition) is 4. The van der Waals surface area contributed by atoms with E-state index in [9.17, 15) is 9.59 Å². The highest BCUT2D eigenvalue weighted by molar-refractivity contribution is 7.17. The zero-order valence-electron chi connectivity index (χ0n) is 21.3. The van der Waals surface area contributed by atoms with Crippen molar-refractivity contribution in [2.75, 3.05) is 26.2 Å². The van der Waals surface area contributed by atoms with E-state index >= 15 is 0 Å². The van der Waals surface area contributed by atoms with Gasteiger partial charge in [0.2, 0.25) is 5.91 Å². The third-order valence-electron chi connectivity index (χ3n) is 7.66. The molecule has 7 heteroatoms. The summed E-state index contributed by atoms with van der Waals surface area (Å²) in [7, 11) is 0. The van der Waals surface area contributed by atoms with Gasteiger partial charge in [-0.1, -0.05) is 39.5 Å². The van der Waals surface area contributed by atoms with Crippen molar-refractivity contribution >= 4 is 33.4 Å². The number of amides is 2. The van der Waals surface area contributed by atoms with Gasteiger partial charge in [0, 0.05) is 12.6 Å². The van der Waals surface area contributed by atoms with E-state index in [0.29, 0.717) is 13.1 Å². The molecule has 1 aliphatic heterocycles. The molecule has 1 atom stereocenters. The molecule has 0 spiro atoms. The van der Waals surface area contributed by atoms with Crippen LogP contribution in [0.5, 0.6) is 0 Å². The van der Waals surface area contributed by atoms with Gasteiger partial charge in [-0.3, -0.25) is 9.59 Å². The standard InChI is InChI=1S/C27H42N4O2S/c1-4-14-29(15-5-2)16-10-17-31-25(32)23-19-24-22(13-18-34-24)30(23)20-27(31,3)26(33)28-21-11-8-6-7-9-12-21/h13,18-19,21H,4-12,14-17,20H2,1-3H3,(H,28,33). The van der Waals surface area contributed by atoms with Crippen LogP contribution in [0.15, 0.2) is 17.5 Å². The molecular formula is C27H42N4O2S.